The zero-order valence-electron chi connectivity index (χ0n) is 52.6. The van der Waals surface area contributed by atoms with Gasteiger partial charge >= 0.3 is 5.97 Å². The number of carbonyl (C=O) groups is 2. The monoisotopic (exact) mass is 1150 g/mol. The number of ether oxygens (including phenoxy) is 3. The SMILES string of the molecule is CCCCC/C=C\C/C=C\C/C=C\C/C=C\CCCCCCCCCCCCC(O)C(=O)NC(COC1OC(CO)C(O)C(O)C1OC(=O)CCCCCCCC/C=C/C=C/CCCCC)C(O)/C=C/CCCCCCCCCCCC. The molecule has 11 heteroatoms. The normalized spacial score (nSPS) is 19.1. The average Bonchev–Trinajstić information content (AvgIpc) is 3.68. The number of hydrogen-bond acceptors (Lipinski definition) is 10. The van der Waals surface area contributed by atoms with Crippen LogP contribution in [-0.4, -0.2) is 99.6 Å². The number of amides is 1. The first-order chi connectivity index (χ1) is 40.2. The van der Waals surface area contributed by atoms with Crippen LogP contribution in [0.15, 0.2) is 85.1 Å². The Bertz CT molecular complexity index is 1660. The van der Waals surface area contributed by atoms with Gasteiger partial charge in [-0.2, -0.15) is 0 Å². The van der Waals surface area contributed by atoms with Crippen molar-refractivity contribution >= 4 is 11.9 Å². The third-order valence-corrected chi connectivity index (χ3v) is 15.5. The summed E-state index contributed by atoms with van der Waals surface area (Å²) in [6, 6.07) is -1.03. The molecule has 8 atom stereocenters. The lowest BCUT2D eigenvalue weighted by Crippen LogP contribution is -2.61. The molecule has 8 unspecified atom stereocenters. The van der Waals surface area contributed by atoms with Crippen molar-refractivity contribution in [3.63, 3.8) is 0 Å². The van der Waals surface area contributed by atoms with Crippen LogP contribution in [0.1, 0.15) is 290 Å². The van der Waals surface area contributed by atoms with Crippen LogP contribution < -0.4 is 5.32 Å². The summed E-state index contributed by atoms with van der Waals surface area (Å²) < 4.78 is 17.6. The summed E-state index contributed by atoms with van der Waals surface area (Å²) in [6.07, 6.45) is 66.2. The molecule has 0 aromatic heterocycles. The lowest BCUT2D eigenvalue weighted by atomic mass is 9.99. The number of carbonyl (C=O) groups excluding carboxylic acids is 2. The smallest absolute Gasteiger partial charge is 0.306 e. The quantitative estimate of drug-likeness (QED) is 0.0149. The molecule has 0 saturated carbocycles. The fraction of sp³-hybridized carbons (Fsp3) is 0.775. The second-order valence-electron chi connectivity index (χ2n) is 23.2. The van der Waals surface area contributed by atoms with Crippen molar-refractivity contribution in [3.8, 4) is 0 Å². The average molecular weight is 1150 g/mol. The van der Waals surface area contributed by atoms with Crippen molar-refractivity contribution in [3.05, 3.63) is 85.1 Å². The van der Waals surface area contributed by atoms with E-state index in [0.717, 1.165) is 109 Å². The van der Waals surface area contributed by atoms with Gasteiger partial charge in [-0.3, -0.25) is 9.59 Å². The highest BCUT2D eigenvalue weighted by atomic mass is 16.7. The molecule has 1 aliphatic heterocycles. The van der Waals surface area contributed by atoms with Crippen molar-refractivity contribution in [2.75, 3.05) is 13.2 Å². The maximum absolute atomic E-state index is 13.5. The first-order valence-electron chi connectivity index (χ1n) is 33.9. The van der Waals surface area contributed by atoms with E-state index in [2.05, 4.69) is 99.0 Å². The number of hydrogen-bond donors (Lipinski definition) is 6. The second kappa shape index (κ2) is 58.2. The lowest BCUT2D eigenvalue weighted by Gasteiger charge is -2.41. The van der Waals surface area contributed by atoms with Crippen LogP contribution in [0.2, 0.25) is 0 Å². The van der Waals surface area contributed by atoms with Gasteiger partial charge in [-0.25, -0.2) is 0 Å². The molecule has 6 N–H and O–H groups in total. The number of esters is 1. The summed E-state index contributed by atoms with van der Waals surface area (Å²) in [5.41, 5.74) is 0. The molecule has 1 saturated heterocycles. The summed E-state index contributed by atoms with van der Waals surface area (Å²) in [5.74, 6) is -1.21. The first kappa shape index (κ1) is 76.9. The second-order valence-corrected chi connectivity index (χ2v) is 23.2. The van der Waals surface area contributed by atoms with Crippen molar-refractivity contribution in [1.29, 1.82) is 0 Å². The van der Waals surface area contributed by atoms with Gasteiger partial charge in [0.05, 0.1) is 25.4 Å². The van der Waals surface area contributed by atoms with Crippen molar-refractivity contribution < 1.29 is 49.3 Å². The molecule has 0 aromatic carbocycles. The minimum Gasteiger partial charge on any atom is -0.454 e. The summed E-state index contributed by atoms with van der Waals surface area (Å²) in [7, 11) is 0. The van der Waals surface area contributed by atoms with E-state index in [4.69, 9.17) is 14.2 Å². The van der Waals surface area contributed by atoms with Gasteiger partial charge in [0, 0.05) is 6.42 Å². The molecule has 11 nitrogen and oxygen atoms in total. The van der Waals surface area contributed by atoms with Gasteiger partial charge in [-0.1, -0.05) is 273 Å². The third-order valence-electron chi connectivity index (χ3n) is 15.5. The van der Waals surface area contributed by atoms with Crippen LogP contribution in [-0.2, 0) is 23.8 Å². The highest BCUT2D eigenvalue weighted by Gasteiger charge is 2.47. The molecule has 1 aliphatic rings. The zero-order valence-corrected chi connectivity index (χ0v) is 52.6. The molecule has 0 spiro atoms. The highest BCUT2D eigenvalue weighted by Crippen LogP contribution is 2.26. The molecule has 1 heterocycles. The predicted molar refractivity (Wildman–Crippen MR) is 342 cm³/mol. The van der Waals surface area contributed by atoms with E-state index < -0.39 is 67.4 Å². The molecule has 82 heavy (non-hydrogen) atoms. The molecule has 1 rings (SSSR count). The maximum Gasteiger partial charge on any atom is 0.306 e. The summed E-state index contributed by atoms with van der Waals surface area (Å²) >= 11 is 0. The van der Waals surface area contributed by atoms with E-state index >= 15 is 0 Å². The van der Waals surface area contributed by atoms with E-state index in [9.17, 15) is 35.1 Å². The number of allylic oxidation sites excluding steroid dienone is 13. The Kier molecular flexibility index (Phi) is 54.6. The number of nitrogens with one attached hydrogen (secondary N) is 1. The standard InChI is InChI=1S/C71H125NO10/c1-4-7-10-13-16-19-22-25-27-28-29-30-31-32-33-34-35-36-37-39-40-43-46-49-52-55-58-64(75)70(79)72-62(63(74)57-54-51-48-45-42-24-21-18-15-12-9-6-3)61-80-71-69(68(78)67(77)65(60-73)81-71)82-66(76)59-56-53-50-47-44-41-38-26-23-20-17-14-11-8-5-2/h16-17,19-20,23,25-27,29-30,32-33,54,57,62-65,67-69,71,73-75,77-78H,4-15,18,21-22,24,28,31,34-53,55-56,58-61H2,1-3H3,(H,72,79)/b19-16-,20-17+,26-23+,27-25-,30-29-,33-32-,57-54+. The number of aliphatic hydroxyl groups excluding tert-OH is 5. The van der Waals surface area contributed by atoms with Crippen molar-refractivity contribution in [1.82, 2.24) is 5.32 Å². The van der Waals surface area contributed by atoms with E-state index in [0.29, 0.717) is 12.8 Å². The molecule has 0 aliphatic carbocycles. The molecular formula is C71H125NO10. The van der Waals surface area contributed by atoms with Crippen LogP contribution in [0, 0.1) is 0 Å². The van der Waals surface area contributed by atoms with Crippen molar-refractivity contribution in [2.24, 2.45) is 0 Å². The Morgan fingerprint density at radius 1 is 0.488 bits per heavy atom. The Labute approximate surface area is 502 Å². The van der Waals surface area contributed by atoms with Crippen LogP contribution >= 0.6 is 0 Å². The largest absolute Gasteiger partial charge is 0.454 e. The summed E-state index contributed by atoms with van der Waals surface area (Å²) in [4.78, 5) is 26.6. The van der Waals surface area contributed by atoms with Gasteiger partial charge in [-0.05, 0) is 96.3 Å². The van der Waals surface area contributed by atoms with Gasteiger partial charge in [0.25, 0.3) is 0 Å². The Balaban J connectivity index is 2.60. The highest BCUT2D eigenvalue weighted by molar-refractivity contribution is 5.80. The minimum atomic E-state index is -1.62. The number of rotatable bonds is 57. The predicted octanol–water partition coefficient (Wildman–Crippen LogP) is 16.9. The molecule has 474 valence electrons. The number of unbranched alkanes of at least 4 members (excludes halogenated alkanes) is 32. The Morgan fingerprint density at radius 2 is 0.878 bits per heavy atom. The van der Waals surface area contributed by atoms with Crippen molar-refractivity contribution in [2.45, 2.75) is 339 Å². The van der Waals surface area contributed by atoms with Crippen LogP contribution in [0.3, 0.4) is 0 Å². The van der Waals surface area contributed by atoms with E-state index in [1.54, 1.807) is 6.08 Å². The summed E-state index contributed by atoms with van der Waals surface area (Å²) in [6.45, 7) is 5.73. The lowest BCUT2D eigenvalue weighted by molar-refractivity contribution is -0.305. The molecule has 0 radical (unpaired) electrons. The Hall–Kier alpha value is -3.16. The van der Waals surface area contributed by atoms with Crippen LogP contribution in [0.5, 0.6) is 0 Å². The van der Waals surface area contributed by atoms with E-state index in [1.807, 2.05) is 6.08 Å². The fourth-order valence-corrected chi connectivity index (χ4v) is 10.2. The number of aliphatic hydroxyl groups is 5. The fourth-order valence-electron chi connectivity index (χ4n) is 10.2. The third kappa shape index (κ3) is 45.2. The van der Waals surface area contributed by atoms with Crippen LogP contribution in [0.4, 0.5) is 0 Å². The molecule has 1 fully saturated rings. The molecule has 1 amide bonds. The van der Waals surface area contributed by atoms with Gasteiger partial charge in [-0.15, -0.1) is 0 Å². The maximum atomic E-state index is 13.5. The molecular weight excluding hydrogens is 1030 g/mol. The van der Waals surface area contributed by atoms with Gasteiger partial charge in [0.15, 0.2) is 12.4 Å². The Morgan fingerprint density at radius 3 is 1.35 bits per heavy atom. The van der Waals surface area contributed by atoms with Gasteiger partial charge < -0.3 is 45.1 Å². The van der Waals surface area contributed by atoms with Crippen LogP contribution in [0.25, 0.3) is 0 Å². The molecule has 0 bridgehead atoms. The minimum absolute atomic E-state index is 0.108. The van der Waals surface area contributed by atoms with Gasteiger partial charge in [0.2, 0.25) is 5.91 Å². The first-order valence-corrected chi connectivity index (χ1v) is 33.9. The van der Waals surface area contributed by atoms with E-state index in [-0.39, 0.29) is 19.4 Å². The van der Waals surface area contributed by atoms with E-state index in [1.165, 1.54) is 135 Å². The topological polar surface area (TPSA) is 175 Å². The zero-order chi connectivity index (χ0) is 59.6. The molecule has 0 aromatic rings. The van der Waals surface area contributed by atoms with Gasteiger partial charge in [0.1, 0.15) is 24.4 Å². The summed E-state index contributed by atoms with van der Waals surface area (Å²) in [5, 5.41) is 57.1.